The molecule has 112 valence electrons. The molecular weight excluding hydrogens is 276 g/mol. The second-order valence-corrected chi connectivity index (χ2v) is 7.19. The molecule has 0 fully saturated rings. The molecule has 0 aromatic heterocycles. The van der Waals surface area contributed by atoms with Gasteiger partial charge in [0.2, 0.25) is 0 Å². The van der Waals surface area contributed by atoms with Crippen molar-refractivity contribution in [3.8, 4) is 0 Å². The summed E-state index contributed by atoms with van der Waals surface area (Å²) in [5.41, 5.74) is 1.09. The van der Waals surface area contributed by atoms with E-state index in [2.05, 4.69) is 0 Å². The van der Waals surface area contributed by atoms with Crippen molar-refractivity contribution in [1.29, 1.82) is 0 Å². The number of esters is 1. The van der Waals surface area contributed by atoms with Crippen LogP contribution in [0.15, 0.2) is 29.2 Å². The topological polar surface area (TPSA) is 60.4 Å². The maximum atomic E-state index is 12.2. The van der Waals surface area contributed by atoms with Crippen molar-refractivity contribution >= 4 is 15.8 Å². The minimum absolute atomic E-state index is 0.229. The maximum Gasteiger partial charge on any atom is 0.309 e. The second-order valence-electron chi connectivity index (χ2n) is 5.16. The average molecular weight is 298 g/mol. The molecule has 1 aromatic rings. The Bertz CT molecular complexity index is 544. The van der Waals surface area contributed by atoms with Crippen LogP contribution in [0.25, 0.3) is 0 Å². The lowest BCUT2D eigenvalue weighted by molar-refractivity contribution is -0.146. The third kappa shape index (κ3) is 4.34. The number of rotatable bonds is 6. The molecule has 1 rings (SSSR count). The lowest BCUT2D eigenvalue weighted by Gasteiger charge is -2.12. The Kier molecular flexibility index (Phi) is 5.74. The van der Waals surface area contributed by atoms with Gasteiger partial charge in [0.25, 0.3) is 0 Å². The molecule has 0 N–H and O–H groups in total. The first kappa shape index (κ1) is 16.7. The monoisotopic (exact) mass is 298 g/mol. The molecule has 0 spiro atoms. The van der Waals surface area contributed by atoms with Gasteiger partial charge in [-0.25, -0.2) is 8.42 Å². The molecule has 1 aromatic carbocycles. The van der Waals surface area contributed by atoms with Crippen LogP contribution >= 0.6 is 0 Å². The fourth-order valence-corrected chi connectivity index (χ4v) is 3.38. The number of carbonyl (C=O) groups is 1. The number of carbonyl (C=O) groups excluding carboxylic acids is 1. The predicted molar refractivity (Wildman–Crippen MR) is 78.4 cm³/mol. The second kappa shape index (κ2) is 6.88. The van der Waals surface area contributed by atoms with Gasteiger partial charge in [0.15, 0.2) is 9.84 Å². The summed E-state index contributed by atoms with van der Waals surface area (Å²) in [6, 6.07) is 6.82. The molecule has 0 saturated carbocycles. The number of ether oxygens (including phenoxy) is 1. The van der Waals surface area contributed by atoms with Crippen LogP contribution in [0.5, 0.6) is 0 Å². The van der Waals surface area contributed by atoms with Crippen LogP contribution in [0.1, 0.15) is 39.2 Å². The summed E-state index contributed by atoms with van der Waals surface area (Å²) in [6.45, 7) is 7.62. The van der Waals surface area contributed by atoms with E-state index in [0.29, 0.717) is 5.92 Å². The first-order chi connectivity index (χ1) is 9.27. The molecule has 0 aliphatic rings. The SMILES string of the molecule is CCOC(=O)C(C)CS(=O)(=O)c1ccc(C(C)C)cc1. The highest BCUT2D eigenvalue weighted by Crippen LogP contribution is 2.19. The van der Waals surface area contributed by atoms with E-state index in [9.17, 15) is 13.2 Å². The molecule has 0 heterocycles. The third-order valence-corrected chi connectivity index (χ3v) is 4.99. The molecule has 5 heteroatoms. The van der Waals surface area contributed by atoms with Gasteiger partial charge in [0, 0.05) is 0 Å². The molecule has 1 atom stereocenters. The Morgan fingerprint density at radius 3 is 2.15 bits per heavy atom. The van der Waals surface area contributed by atoms with Crippen molar-refractivity contribution in [3.05, 3.63) is 29.8 Å². The van der Waals surface area contributed by atoms with Gasteiger partial charge < -0.3 is 4.74 Å². The van der Waals surface area contributed by atoms with Crippen molar-refractivity contribution in [2.24, 2.45) is 5.92 Å². The molecule has 1 unspecified atom stereocenters. The summed E-state index contributed by atoms with van der Waals surface area (Å²) < 4.78 is 29.3. The van der Waals surface area contributed by atoms with E-state index in [1.807, 2.05) is 26.0 Å². The summed E-state index contributed by atoms with van der Waals surface area (Å²) in [6.07, 6.45) is 0. The van der Waals surface area contributed by atoms with Gasteiger partial charge in [-0.05, 0) is 30.5 Å². The van der Waals surface area contributed by atoms with Gasteiger partial charge in [0.05, 0.1) is 23.2 Å². The highest BCUT2D eigenvalue weighted by molar-refractivity contribution is 7.91. The van der Waals surface area contributed by atoms with E-state index in [-0.39, 0.29) is 17.3 Å². The van der Waals surface area contributed by atoms with Gasteiger partial charge in [-0.15, -0.1) is 0 Å². The molecule has 0 radical (unpaired) electrons. The molecule has 20 heavy (non-hydrogen) atoms. The average Bonchev–Trinajstić information content (AvgIpc) is 2.38. The van der Waals surface area contributed by atoms with Crippen molar-refractivity contribution in [2.45, 2.75) is 38.5 Å². The molecule has 0 amide bonds. The van der Waals surface area contributed by atoms with Gasteiger partial charge in [0.1, 0.15) is 0 Å². The van der Waals surface area contributed by atoms with E-state index in [1.54, 1.807) is 26.0 Å². The molecule has 0 bridgehead atoms. The Morgan fingerprint density at radius 2 is 1.70 bits per heavy atom. The van der Waals surface area contributed by atoms with Crippen molar-refractivity contribution in [2.75, 3.05) is 12.4 Å². The van der Waals surface area contributed by atoms with Crippen LogP contribution in [0.4, 0.5) is 0 Å². The molecule has 0 aliphatic heterocycles. The zero-order chi connectivity index (χ0) is 15.3. The lowest BCUT2D eigenvalue weighted by atomic mass is 10.0. The van der Waals surface area contributed by atoms with E-state index in [4.69, 9.17) is 4.74 Å². The number of benzene rings is 1. The molecular formula is C15H22O4S. The Balaban J connectivity index is 2.86. The van der Waals surface area contributed by atoms with Crippen LogP contribution in [0.2, 0.25) is 0 Å². The summed E-state index contributed by atoms with van der Waals surface area (Å²) in [5, 5.41) is 0. The minimum atomic E-state index is -3.47. The first-order valence-corrected chi connectivity index (χ1v) is 8.42. The van der Waals surface area contributed by atoms with Gasteiger partial charge in [-0.3, -0.25) is 4.79 Å². The van der Waals surface area contributed by atoms with Crippen LogP contribution in [0.3, 0.4) is 0 Å². The smallest absolute Gasteiger partial charge is 0.309 e. The van der Waals surface area contributed by atoms with Crippen molar-refractivity contribution < 1.29 is 17.9 Å². The van der Waals surface area contributed by atoms with Crippen molar-refractivity contribution in [3.63, 3.8) is 0 Å². The number of hydrogen-bond acceptors (Lipinski definition) is 4. The highest BCUT2D eigenvalue weighted by Gasteiger charge is 2.24. The van der Waals surface area contributed by atoms with Crippen LogP contribution in [-0.2, 0) is 19.4 Å². The zero-order valence-electron chi connectivity index (χ0n) is 12.4. The fraction of sp³-hybridized carbons (Fsp3) is 0.533. The molecule has 0 aliphatic carbocycles. The predicted octanol–water partition coefficient (Wildman–Crippen LogP) is 2.78. The summed E-state index contributed by atoms with van der Waals surface area (Å²) >= 11 is 0. The molecule has 0 saturated heterocycles. The third-order valence-electron chi connectivity index (χ3n) is 3.06. The van der Waals surface area contributed by atoms with Crippen LogP contribution in [-0.4, -0.2) is 26.7 Å². The van der Waals surface area contributed by atoms with Crippen molar-refractivity contribution in [1.82, 2.24) is 0 Å². The van der Waals surface area contributed by atoms with E-state index >= 15 is 0 Å². The Labute approximate surface area is 121 Å². The van der Waals surface area contributed by atoms with Crippen LogP contribution in [0, 0.1) is 5.92 Å². The fourth-order valence-electron chi connectivity index (χ4n) is 1.84. The van der Waals surface area contributed by atoms with Gasteiger partial charge in [-0.2, -0.15) is 0 Å². The summed E-state index contributed by atoms with van der Waals surface area (Å²) in [7, 11) is -3.47. The lowest BCUT2D eigenvalue weighted by Crippen LogP contribution is -2.23. The number of hydrogen-bond donors (Lipinski definition) is 0. The Morgan fingerprint density at radius 1 is 1.15 bits per heavy atom. The Hall–Kier alpha value is -1.36. The number of sulfone groups is 1. The normalized spacial score (nSPS) is 13.2. The van der Waals surface area contributed by atoms with Gasteiger partial charge in [-0.1, -0.05) is 32.9 Å². The van der Waals surface area contributed by atoms with Crippen LogP contribution < -0.4 is 0 Å². The van der Waals surface area contributed by atoms with E-state index in [0.717, 1.165) is 5.56 Å². The first-order valence-electron chi connectivity index (χ1n) is 6.77. The van der Waals surface area contributed by atoms with Gasteiger partial charge >= 0.3 is 5.97 Å². The molecule has 4 nitrogen and oxygen atoms in total. The summed E-state index contributed by atoms with van der Waals surface area (Å²) in [4.78, 5) is 11.8. The standard InChI is InChI=1S/C15H22O4S/c1-5-19-15(16)12(4)10-20(17,18)14-8-6-13(7-9-14)11(2)3/h6-9,11-12H,5,10H2,1-4H3. The maximum absolute atomic E-state index is 12.2. The summed E-state index contributed by atoms with van der Waals surface area (Å²) in [5.74, 6) is -1.02. The zero-order valence-corrected chi connectivity index (χ0v) is 13.2. The van der Waals surface area contributed by atoms with E-state index < -0.39 is 21.7 Å². The highest BCUT2D eigenvalue weighted by atomic mass is 32.2. The largest absolute Gasteiger partial charge is 0.466 e. The quantitative estimate of drug-likeness (QED) is 0.758. The van der Waals surface area contributed by atoms with E-state index in [1.165, 1.54) is 0 Å². The minimum Gasteiger partial charge on any atom is -0.466 e.